The number of carbonyl (C=O) groups excluding carboxylic acids is 2. The Hall–Kier alpha value is -0.930. The Labute approximate surface area is 202 Å². The van der Waals surface area contributed by atoms with Crippen LogP contribution in [0.3, 0.4) is 0 Å². The fraction of sp³-hybridized carbons (Fsp3) is 0.762. The number of hydrogen-bond donors (Lipinski definition) is 3. The van der Waals surface area contributed by atoms with Crippen LogP contribution >= 0.6 is 0 Å². The van der Waals surface area contributed by atoms with Crippen molar-refractivity contribution in [2.45, 2.75) is 77.8 Å². The zero-order valence-corrected chi connectivity index (χ0v) is 21.1. The van der Waals surface area contributed by atoms with Gasteiger partial charge in [-0.1, -0.05) is 39.3 Å². The van der Waals surface area contributed by atoms with Gasteiger partial charge < -0.3 is 29.9 Å². The number of carboxylic acids is 2. The number of amides is 1. The van der Waals surface area contributed by atoms with Crippen LogP contribution in [0.15, 0.2) is 12.2 Å². The van der Waals surface area contributed by atoms with Gasteiger partial charge >= 0.3 is 35.5 Å². The molecule has 0 radical (unpaired) electrons. The summed E-state index contributed by atoms with van der Waals surface area (Å²) in [5.41, 5.74) is 0. The minimum atomic E-state index is -1.32. The predicted octanol–water partition coefficient (Wildman–Crippen LogP) is -2.17. The number of quaternary nitrogens is 1. The number of aliphatic hydroxyl groups excluding tert-OH is 1. The van der Waals surface area contributed by atoms with E-state index in [-0.39, 0.29) is 79.0 Å². The molecule has 3 N–H and O–H groups in total. The molecule has 0 aliphatic carbocycles. The number of nitrogens with one attached hydrogen (secondary N) is 1. The molecule has 168 valence electrons. The largest absolute Gasteiger partial charge is 1.00 e. The van der Waals surface area contributed by atoms with Crippen molar-refractivity contribution >= 4 is 17.8 Å². The molecule has 0 aliphatic rings. The third-order valence-corrected chi connectivity index (χ3v) is 5.23. The third kappa shape index (κ3) is 10.4. The van der Waals surface area contributed by atoms with Crippen LogP contribution in [-0.4, -0.2) is 70.9 Å². The summed E-state index contributed by atoms with van der Waals surface area (Å²) in [6.07, 6.45) is 7.36. The molecular weight excluding hydrogens is 399 g/mol. The molecule has 3 unspecified atom stereocenters. The van der Waals surface area contributed by atoms with E-state index in [1.165, 1.54) is 0 Å². The van der Waals surface area contributed by atoms with Gasteiger partial charge in [-0.2, -0.15) is 0 Å². The van der Waals surface area contributed by atoms with Gasteiger partial charge in [0.1, 0.15) is 12.6 Å². The van der Waals surface area contributed by atoms with Crippen LogP contribution in [-0.2, 0) is 14.4 Å². The number of nitrogens with zero attached hydrogens (tertiary/aromatic N) is 1. The Kier molecular flexibility index (Phi) is 18.5. The van der Waals surface area contributed by atoms with Gasteiger partial charge in [-0.05, 0) is 19.3 Å². The minimum absolute atomic E-state index is 0. The molecule has 8 nitrogen and oxygen atoms in total. The Morgan fingerprint density at radius 2 is 1.63 bits per heavy atom. The first-order valence-corrected chi connectivity index (χ1v) is 10.6. The number of aliphatic hydroxyl groups is 1. The molecule has 0 saturated carbocycles. The third-order valence-electron chi connectivity index (χ3n) is 5.23. The first-order chi connectivity index (χ1) is 13.8. The maximum atomic E-state index is 12.1. The normalized spacial score (nSPS) is 15.1. The summed E-state index contributed by atoms with van der Waals surface area (Å²) in [5.74, 6) is -2.59. The molecule has 9 heteroatoms. The van der Waals surface area contributed by atoms with E-state index in [4.69, 9.17) is 0 Å². The number of allylic oxidation sites excluding steroid dienone is 2. The topological polar surface area (TPSA) is 127 Å². The van der Waals surface area contributed by atoms with Gasteiger partial charge in [0.15, 0.2) is 6.04 Å². The van der Waals surface area contributed by atoms with Gasteiger partial charge in [-0.15, -0.1) is 0 Å². The molecule has 0 aromatic rings. The molecule has 0 heterocycles. The molecule has 0 aromatic carbocycles. The average Bonchev–Trinajstić information content (AvgIpc) is 2.66. The maximum Gasteiger partial charge on any atom is 1.00 e. The fourth-order valence-electron chi connectivity index (χ4n) is 3.86. The monoisotopic (exact) mass is 437 g/mol. The number of carbonyl (C=O) groups is 3. The molecule has 1 amide bonds. The Morgan fingerprint density at radius 3 is 2.10 bits per heavy atom. The summed E-state index contributed by atoms with van der Waals surface area (Å²) in [6.45, 7) is 5.54. The van der Waals surface area contributed by atoms with Crippen LogP contribution in [0.1, 0.15) is 65.7 Å². The van der Waals surface area contributed by atoms with E-state index in [0.29, 0.717) is 25.7 Å². The van der Waals surface area contributed by atoms with Crippen LogP contribution < -0.4 is 40.0 Å². The van der Waals surface area contributed by atoms with Crippen molar-refractivity contribution in [3.05, 3.63) is 12.2 Å². The van der Waals surface area contributed by atoms with Gasteiger partial charge in [0.2, 0.25) is 5.91 Å². The van der Waals surface area contributed by atoms with Crippen LogP contribution in [0.25, 0.3) is 0 Å². The van der Waals surface area contributed by atoms with E-state index >= 15 is 0 Å². The summed E-state index contributed by atoms with van der Waals surface area (Å²) < 4.78 is -0.328. The molecule has 0 fully saturated rings. The molecule has 3 atom stereocenters. The standard InChI is InChI=1S/C21H38N2O6.Na/c1-4-7-8-9-12-19(25)22-13-14-23(15-16-24,17(10-5-2)20(26)27)18(11-6-3)21(28)29;/h7-8,17-18,24H,4-6,9-16H2,1-3H3,(H2-,22,25,26,27,28,29);/q;+1/b8-7+;. The first-order valence-electron chi connectivity index (χ1n) is 10.6. The summed E-state index contributed by atoms with van der Waals surface area (Å²) in [7, 11) is 0. The van der Waals surface area contributed by atoms with E-state index in [9.17, 15) is 29.7 Å². The first kappa shape index (κ1) is 31.3. The second kappa shape index (κ2) is 17.7. The van der Waals surface area contributed by atoms with E-state index in [1.807, 2.05) is 32.9 Å². The summed E-state index contributed by atoms with van der Waals surface area (Å²) >= 11 is 0. The van der Waals surface area contributed by atoms with Crippen molar-refractivity contribution in [1.82, 2.24) is 5.32 Å². The van der Waals surface area contributed by atoms with Gasteiger partial charge in [-0.3, -0.25) is 4.79 Å². The molecule has 0 bridgehead atoms. The van der Waals surface area contributed by atoms with Crippen molar-refractivity contribution in [3.63, 3.8) is 0 Å². The van der Waals surface area contributed by atoms with Gasteiger partial charge in [0.25, 0.3) is 0 Å². The fourth-order valence-corrected chi connectivity index (χ4v) is 3.86. The molecule has 0 spiro atoms. The molecule has 30 heavy (non-hydrogen) atoms. The second-order valence-corrected chi connectivity index (χ2v) is 7.31. The smallest absolute Gasteiger partial charge is 0.544 e. The Bertz CT molecular complexity index is 518. The molecule has 0 aliphatic heterocycles. The van der Waals surface area contributed by atoms with Crippen molar-refractivity contribution in [2.75, 3.05) is 26.2 Å². The van der Waals surface area contributed by atoms with Crippen LogP contribution in [0, 0.1) is 0 Å². The molecular formula is C21H38N2NaO6+. The zero-order valence-electron chi connectivity index (χ0n) is 19.1. The summed E-state index contributed by atoms with van der Waals surface area (Å²) in [4.78, 5) is 36.0. The van der Waals surface area contributed by atoms with Crippen LogP contribution in [0.5, 0.6) is 0 Å². The predicted molar refractivity (Wildman–Crippen MR) is 109 cm³/mol. The van der Waals surface area contributed by atoms with Gasteiger partial charge in [0, 0.05) is 19.3 Å². The van der Waals surface area contributed by atoms with E-state index in [2.05, 4.69) is 5.32 Å². The number of aliphatic carboxylic acids is 2. The number of carboxylic acid groups (broad SMARTS) is 2. The Morgan fingerprint density at radius 1 is 1.03 bits per heavy atom. The van der Waals surface area contributed by atoms with E-state index in [1.54, 1.807) is 0 Å². The summed E-state index contributed by atoms with van der Waals surface area (Å²) in [5, 5.41) is 34.2. The number of hydrogen-bond acceptors (Lipinski definition) is 5. The van der Waals surface area contributed by atoms with Crippen molar-refractivity contribution < 1.29 is 63.7 Å². The number of rotatable bonds is 17. The summed E-state index contributed by atoms with van der Waals surface area (Å²) in [6, 6.07) is -2.06. The zero-order chi connectivity index (χ0) is 22.3. The van der Waals surface area contributed by atoms with Crippen LogP contribution in [0.4, 0.5) is 0 Å². The average molecular weight is 438 g/mol. The van der Waals surface area contributed by atoms with Crippen molar-refractivity contribution in [2.24, 2.45) is 0 Å². The molecule has 0 saturated heterocycles. The quantitative estimate of drug-likeness (QED) is 0.135. The van der Waals surface area contributed by atoms with Crippen LogP contribution in [0.2, 0.25) is 0 Å². The van der Waals surface area contributed by atoms with Crippen molar-refractivity contribution in [1.29, 1.82) is 0 Å². The Balaban J connectivity index is 0. The SMILES string of the molecule is CC/C=C/CCC(=O)NCC[N+](CCO)(C(CCC)C(=O)[O-])C(CCC)C(=O)O.[Na+]. The van der Waals surface area contributed by atoms with E-state index < -0.39 is 24.0 Å². The maximum absolute atomic E-state index is 12.1. The van der Waals surface area contributed by atoms with Gasteiger partial charge in [0.05, 0.1) is 25.7 Å². The minimum Gasteiger partial charge on any atom is -0.544 e. The molecule has 0 rings (SSSR count). The van der Waals surface area contributed by atoms with Gasteiger partial charge in [-0.25, -0.2) is 4.79 Å². The van der Waals surface area contributed by atoms with E-state index in [0.717, 1.165) is 6.42 Å². The molecule has 0 aromatic heterocycles. The second-order valence-electron chi connectivity index (χ2n) is 7.31. The van der Waals surface area contributed by atoms with Crippen molar-refractivity contribution in [3.8, 4) is 0 Å².